The van der Waals surface area contributed by atoms with Crippen LogP contribution in [0.1, 0.15) is 50.2 Å². The summed E-state index contributed by atoms with van der Waals surface area (Å²) in [5.74, 6) is 1.98. The van der Waals surface area contributed by atoms with E-state index < -0.39 is 6.04 Å². The molecule has 9 heteroatoms. The molecule has 1 N–H and O–H groups in total. The van der Waals surface area contributed by atoms with Crippen LogP contribution in [0.3, 0.4) is 0 Å². The molecular formula is C26H28N6O3. The number of nitrogens with one attached hydrogen (secondary N) is 1. The number of rotatable bonds is 5. The smallest absolute Gasteiger partial charge is 0.254 e. The van der Waals surface area contributed by atoms with Gasteiger partial charge in [0.15, 0.2) is 17.3 Å². The molecule has 6 rings (SSSR count). The topological polar surface area (TPSA) is 98.2 Å². The quantitative estimate of drug-likeness (QED) is 0.474. The number of para-hydroxylation sites is 1. The van der Waals surface area contributed by atoms with Crippen LogP contribution >= 0.6 is 0 Å². The van der Waals surface area contributed by atoms with E-state index >= 15 is 0 Å². The summed E-state index contributed by atoms with van der Waals surface area (Å²) >= 11 is 0. The minimum absolute atomic E-state index is 0.174. The Morgan fingerprint density at radius 2 is 1.89 bits per heavy atom. The van der Waals surface area contributed by atoms with Crippen molar-refractivity contribution in [3.63, 3.8) is 0 Å². The molecule has 0 spiro atoms. The standard InChI is InChI=1S/C26H28N6O3/c1-4-26(2,3)32-24(28-29-30-32)23(31-10-9-16-7-5-6-8-20(16)31)18-13-17-14-21-22(35-12-11-34-21)15-19(17)27-25(18)33/h5-8,13-15,23H,4,9-12H2,1-3H3,(H,27,33). The van der Waals surface area contributed by atoms with Crippen molar-refractivity contribution in [2.75, 3.05) is 24.7 Å². The molecule has 1 unspecified atom stereocenters. The molecule has 0 amide bonds. The highest BCUT2D eigenvalue weighted by Gasteiger charge is 2.37. The van der Waals surface area contributed by atoms with Crippen LogP contribution in [0.25, 0.3) is 10.9 Å². The second-order valence-electron chi connectivity index (χ2n) is 9.73. The fraction of sp³-hybridized carbons (Fsp3) is 0.385. The van der Waals surface area contributed by atoms with Gasteiger partial charge in [0.1, 0.15) is 19.3 Å². The first-order chi connectivity index (χ1) is 17.0. The Kier molecular flexibility index (Phi) is 5.01. The minimum Gasteiger partial charge on any atom is -0.486 e. The first kappa shape index (κ1) is 21.6. The van der Waals surface area contributed by atoms with Crippen LogP contribution in [0.15, 0.2) is 47.3 Å². The number of anilines is 1. The number of nitrogens with zero attached hydrogens (tertiary/aromatic N) is 5. The second kappa shape index (κ2) is 8.11. The molecule has 9 nitrogen and oxygen atoms in total. The molecule has 0 saturated carbocycles. The first-order valence-electron chi connectivity index (χ1n) is 12.1. The van der Waals surface area contributed by atoms with Gasteiger partial charge in [-0.1, -0.05) is 25.1 Å². The largest absolute Gasteiger partial charge is 0.486 e. The van der Waals surface area contributed by atoms with Crippen LogP contribution in [0, 0.1) is 0 Å². The van der Waals surface area contributed by atoms with Crippen molar-refractivity contribution in [2.24, 2.45) is 0 Å². The first-order valence-corrected chi connectivity index (χ1v) is 12.1. The molecule has 2 aliphatic heterocycles. The van der Waals surface area contributed by atoms with Crippen LogP contribution in [-0.2, 0) is 12.0 Å². The van der Waals surface area contributed by atoms with Gasteiger partial charge in [-0.15, -0.1) is 5.10 Å². The van der Waals surface area contributed by atoms with Gasteiger partial charge in [-0.25, -0.2) is 4.68 Å². The Hall–Kier alpha value is -3.88. The number of fused-ring (bicyclic) bond motifs is 3. The Labute approximate surface area is 202 Å². The Morgan fingerprint density at radius 3 is 2.69 bits per heavy atom. The van der Waals surface area contributed by atoms with Gasteiger partial charge in [0.05, 0.1) is 11.1 Å². The zero-order valence-corrected chi connectivity index (χ0v) is 20.1. The van der Waals surface area contributed by atoms with Gasteiger partial charge < -0.3 is 19.4 Å². The van der Waals surface area contributed by atoms with Gasteiger partial charge in [-0.05, 0) is 60.9 Å². The molecule has 0 bridgehead atoms. The molecule has 0 saturated heterocycles. The number of aromatic amines is 1. The van der Waals surface area contributed by atoms with E-state index in [4.69, 9.17) is 9.47 Å². The average molecular weight is 473 g/mol. The Morgan fingerprint density at radius 1 is 1.11 bits per heavy atom. The van der Waals surface area contributed by atoms with E-state index in [1.165, 1.54) is 5.56 Å². The lowest BCUT2D eigenvalue weighted by molar-refractivity contribution is 0.172. The fourth-order valence-corrected chi connectivity index (χ4v) is 4.99. The van der Waals surface area contributed by atoms with Crippen molar-refractivity contribution < 1.29 is 9.47 Å². The number of hydrogen-bond donors (Lipinski definition) is 1. The lowest BCUT2D eigenvalue weighted by Crippen LogP contribution is -2.37. The molecule has 0 radical (unpaired) electrons. The summed E-state index contributed by atoms with van der Waals surface area (Å²) < 4.78 is 13.4. The molecule has 2 aromatic heterocycles. The Balaban J connectivity index is 1.57. The number of aromatic nitrogens is 5. The van der Waals surface area contributed by atoms with Crippen molar-refractivity contribution in [1.82, 2.24) is 25.2 Å². The number of benzene rings is 2. The molecule has 0 fully saturated rings. The lowest BCUT2D eigenvalue weighted by atomic mass is 9.99. The van der Waals surface area contributed by atoms with Gasteiger partial charge in [0.2, 0.25) is 0 Å². The maximum atomic E-state index is 13.6. The summed E-state index contributed by atoms with van der Waals surface area (Å²) in [6, 6.07) is 13.6. The second-order valence-corrected chi connectivity index (χ2v) is 9.73. The molecule has 4 aromatic rings. The zero-order chi connectivity index (χ0) is 24.2. The molecule has 1 atom stereocenters. The molecule has 2 aromatic carbocycles. The molecule has 2 aliphatic rings. The third kappa shape index (κ3) is 3.53. The molecular weight excluding hydrogens is 444 g/mol. The number of tetrazole rings is 1. The van der Waals surface area contributed by atoms with Gasteiger partial charge >= 0.3 is 0 Å². The van der Waals surface area contributed by atoms with Crippen molar-refractivity contribution in [1.29, 1.82) is 0 Å². The average Bonchev–Trinajstić information content (AvgIpc) is 3.52. The van der Waals surface area contributed by atoms with Gasteiger partial charge in [-0.3, -0.25) is 4.79 Å². The maximum Gasteiger partial charge on any atom is 0.254 e. The van der Waals surface area contributed by atoms with E-state index in [-0.39, 0.29) is 11.1 Å². The van der Waals surface area contributed by atoms with E-state index in [0.717, 1.165) is 30.5 Å². The summed E-state index contributed by atoms with van der Waals surface area (Å²) in [7, 11) is 0. The predicted octanol–water partition coefficient (Wildman–Crippen LogP) is 3.58. The minimum atomic E-state index is -0.458. The number of ether oxygens (including phenoxy) is 2. The third-order valence-corrected chi connectivity index (χ3v) is 7.24. The van der Waals surface area contributed by atoms with Crippen molar-refractivity contribution in [2.45, 2.75) is 45.2 Å². The van der Waals surface area contributed by atoms with Crippen molar-refractivity contribution >= 4 is 16.6 Å². The SMILES string of the molecule is CCC(C)(C)n1nnnc1C(c1cc2cc3c(cc2[nH]c1=O)OCCO3)N1CCc2ccccc21. The van der Waals surface area contributed by atoms with Crippen LogP contribution in [-0.4, -0.2) is 44.9 Å². The van der Waals surface area contributed by atoms with E-state index in [2.05, 4.69) is 64.4 Å². The van der Waals surface area contributed by atoms with Crippen molar-refractivity contribution in [3.8, 4) is 11.5 Å². The van der Waals surface area contributed by atoms with E-state index in [1.54, 1.807) is 0 Å². The van der Waals surface area contributed by atoms with Gasteiger partial charge in [0.25, 0.3) is 5.56 Å². The van der Waals surface area contributed by atoms with E-state index in [9.17, 15) is 4.79 Å². The highest BCUT2D eigenvalue weighted by atomic mass is 16.6. The van der Waals surface area contributed by atoms with Gasteiger partial charge in [-0.2, -0.15) is 0 Å². The normalized spacial score (nSPS) is 15.9. The zero-order valence-electron chi connectivity index (χ0n) is 20.1. The summed E-state index contributed by atoms with van der Waals surface area (Å²) in [6.07, 6.45) is 1.74. The molecule has 4 heterocycles. The van der Waals surface area contributed by atoms with Crippen LogP contribution in [0.2, 0.25) is 0 Å². The summed E-state index contributed by atoms with van der Waals surface area (Å²) in [5.41, 5.74) is 3.16. The summed E-state index contributed by atoms with van der Waals surface area (Å²) in [4.78, 5) is 18.9. The highest BCUT2D eigenvalue weighted by Crippen LogP contribution is 2.40. The van der Waals surface area contributed by atoms with E-state index in [0.29, 0.717) is 41.6 Å². The van der Waals surface area contributed by atoms with Gasteiger partial charge in [0, 0.05) is 29.2 Å². The Bertz CT molecular complexity index is 1470. The summed E-state index contributed by atoms with van der Waals surface area (Å²) in [6.45, 7) is 8.09. The summed E-state index contributed by atoms with van der Waals surface area (Å²) in [5, 5.41) is 13.8. The van der Waals surface area contributed by atoms with Crippen LogP contribution < -0.4 is 19.9 Å². The predicted molar refractivity (Wildman–Crippen MR) is 132 cm³/mol. The highest BCUT2D eigenvalue weighted by molar-refractivity contribution is 5.83. The van der Waals surface area contributed by atoms with Crippen molar-refractivity contribution in [3.05, 3.63) is 69.8 Å². The molecule has 180 valence electrons. The van der Waals surface area contributed by atoms with E-state index in [1.807, 2.05) is 28.9 Å². The maximum absolute atomic E-state index is 13.6. The fourth-order valence-electron chi connectivity index (χ4n) is 4.99. The third-order valence-electron chi connectivity index (χ3n) is 7.24. The van der Waals surface area contributed by atoms with Crippen LogP contribution in [0.5, 0.6) is 11.5 Å². The molecule has 0 aliphatic carbocycles. The molecule has 35 heavy (non-hydrogen) atoms. The number of hydrogen-bond acceptors (Lipinski definition) is 7. The number of pyridine rings is 1. The number of H-pyrrole nitrogens is 1. The monoisotopic (exact) mass is 472 g/mol. The van der Waals surface area contributed by atoms with Crippen LogP contribution in [0.4, 0.5) is 5.69 Å². The lowest BCUT2D eigenvalue weighted by Gasteiger charge is -2.32.